The van der Waals surface area contributed by atoms with Crippen LogP contribution in [0.1, 0.15) is 61.9 Å². The van der Waals surface area contributed by atoms with Crippen LogP contribution in [0.3, 0.4) is 0 Å². The minimum atomic E-state index is -0.427. The van der Waals surface area contributed by atoms with Crippen LogP contribution < -0.4 is 5.32 Å². The lowest BCUT2D eigenvalue weighted by molar-refractivity contribution is 0.0562. The third-order valence-electron chi connectivity index (χ3n) is 3.73. The highest BCUT2D eigenvalue weighted by Gasteiger charge is 2.26. The molecular weight excluding hydrogens is 242 g/mol. The molecule has 2 atom stereocenters. The highest BCUT2D eigenvalue weighted by atomic mass is 16.5. The Morgan fingerprint density at radius 2 is 2.26 bits per heavy atom. The fourth-order valence-corrected chi connectivity index (χ4v) is 2.34. The van der Waals surface area contributed by atoms with Crippen molar-refractivity contribution in [2.45, 2.75) is 51.6 Å². The number of esters is 1. The number of carbonyl (C=O) groups is 1. The van der Waals surface area contributed by atoms with E-state index in [4.69, 9.17) is 4.42 Å². The molecule has 1 aliphatic carbocycles. The van der Waals surface area contributed by atoms with Gasteiger partial charge in [-0.25, -0.2) is 4.79 Å². The Labute approximate surface area is 114 Å². The van der Waals surface area contributed by atoms with Crippen molar-refractivity contribution in [2.75, 3.05) is 7.11 Å². The number of methoxy groups -OCH3 is 1. The fourth-order valence-electron chi connectivity index (χ4n) is 2.34. The van der Waals surface area contributed by atoms with E-state index in [1.165, 1.54) is 26.4 Å². The number of carbonyl (C=O) groups excluding carboxylic acids is 1. The van der Waals surface area contributed by atoms with E-state index in [1.807, 2.05) is 6.07 Å². The zero-order chi connectivity index (χ0) is 13.8. The number of hydrogen-bond acceptors (Lipinski definition) is 4. The first-order valence-corrected chi connectivity index (χ1v) is 7.08. The van der Waals surface area contributed by atoms with Crippen molar-refractivity contribution < 1.29 is 13.9 Å². The molecule has 4 nitrogen and oxygen atoms in total. The number of ether oxygens (including phenoxy) is 1. The highest BCUT2D eigenvalue weighted by molar-refractivity contribution is 5.86. The SMILES string of the molecule is CCC(CC1CC1)NC(C)c1ccc(C(=O)OC)o1. The average Bonchev–Trinajstić information content (AvgIpc) is 3.09. The molecule has 19 heavy (non-hydrogen) atoms. The van der Waals surface area contributed by atoms with E-state index >= 15 is 0 Å². The van der Waals surface area contributed by atoms with Gasteiger partial charge in [0.1, 0.15) is 5.76 Å². The van der Waals surface area contributed by atoms with Gasteiger partial charge in [0, 0.05) is 6.04 Å². The average molecular weight is 265 g/mol. The first kappa shape index (κ1) is 14.1. The van der Waals surface area contributed by atoms with Crippen LogP contribution in [-0.2, 0) is 4.74 Å². The summed E-state index contributed by atoms with van der Waals surface area (Å²) in [7, 11) is 1.36. The Morgan fingerprint density at radius 3 is 2.84 bits per heavy atom. The second-order valence-electron chi connectivity index (χ2n) is 5.37. The number of furan rings is 1. The molecule has 1 heterocycles. The molecule has 1 saturated carbocycles. The summed E-state index contributed by atoms with van der Waals surface area (Å²) < 4.78 is 10.2. The van der Waals surface area contributed by atoms with Crippen LogP contribution in [-0.4, -0.2) is 19.1 Å². The Bertz CT molecular complexity index is 423. The smallest absolute Gasteiger partial charge is 0.373 e. The van der Waals surface area contributed by atoms with Gasteiger partial charge in [-0.05, 0) is 37.8 Å². The van der Waals surface area contributed by atoms with E-state index in [-0.39, 0.29) is 11.8 Å². The van der Waals surface area contributed by atoms with Gasteiger partial charge in [0.05, 0.1) is 13.2 Å². The van der Waals surface area contributed by atoms with E-state index in [2.05, 4.69) is 23.9 Å². The highest BCUT2D eigenvalue weighted by Crippen LogP contribution is 2.34. The summed E-state index contributed by atoms with van der Waals surface area (Å²) in [5.41, 5.74) is 0. The van der Waals surface area contributed by atoms with E-state index < -0.39 is 5.97 Å². The number of hydrogen-bond donors (Lipinski definition) is 1. The summed E-state index contributed by atoms with van der Waals surface area (Å²) >= 11 is 0. The van der Waals surface area contributed by atoms with Gasteiger partial charge in [0.25, 0.3) is 0 Å². The van der Waals surface area contributed by atoms with E-state index in [9.17, 15) is 4.79 Å². The normalized spacial score (nSPS) is 18.1. The molecular formula is C15H23NO3. The zero-order valence-corrected chi connectivity index (χ0v) is 11.9. The predicted molar refractivity (Wildman–Crippen MR) is 73.0 cm³/mol. The minimum absolute atomic E-state index is 0.113. The third kappa shape index (κ3) is 3.83. The second kappa shape index (κ2) is 6.24. The monoisotopic (exact) mass is 265 g/mol. The Hall–Kier alpha value is -1.29. The molecule has 1 aromatic heterocycles. The summed E-state index contributed by atoms with van der Waals surface area (Å²) in [5.74, 6) is 1.53. The topological polar surface area (TPSA) is 51.5 Å². The van der Waals surface area contributed by atoms with Crippen molar-refractivity contribution in [3.63, 3.8) is 0 Å². The predicted octanol–water partition coefficient (Wildman–Crippen LogP) is 3.30. The van der Waals surface area contributed by atoms with Gasteiger partial charge in [-0.2, -0.15) is 0 Å². The molecule has 2 unspecified atom stereocenters. The molecule has 1 fully saturated rings. The molecule has 0 amide bonds. The van der Waals surface area contributed by atoms with Crippen LogP contribution in [0, 0.1) is 5.92 Å². The Kier molecular flexibility index (Phi) is 4.64. The molecule has 1 N–H and O–H groups in total. The van der Waals surface area contributed by atoms with Crippen LogP contribution in [0.25, 0.3) is 0 Å². The Balaban J connectivity index is 1.92. The van der Waals surface area contributed by atoms with Gasteiger partial charge in [-0.1, -0.05) is 19.8 Å². The second-order valence-corrected chi connectivity index (χ2v) is 5.37. The Morgan fingerprint density at radius 1 is 1.53 bits per heavy atom. The largest absolute Gasteiger partial charge is 0.463 e. The maximum Gasteiger partial charge on any atom is 0.373 e. The molecule has 4 heteroatoms. The van der Waals surface area contributed by atoms with Crippen LogP contribution in [0.4, 0.5) is 0 Å². The summed E-state index contributed by atoms with van der Waals surface area (Å²) in [5, 5.41) is 3.58. The molecule has 2 rings (SSSR count). The molecule has 0 bridgehead atoms. The molecule has 0 aromatic carbocycles. The first-order valence-electron chi connectivity index (χ1n) is 7.08. The lowest BCUT2D eigenvalue weighted by atomic mass is 10.1. The van der Waals surface area contributed by atoms with E-state index in [0.29, 0.717) is 6.04 Å². The summed E-state index contributed by atoms with van der Waals surface area (Å²) in [4.78, 5) is 11.3. The van der Waals surface area contributed by atoms with Crippen LogP contribution in [0.15, 0.2) is 16.5 Å². The number of rotatable bonds is 7. The number of nitrogens with one attached hydrogen (secondary N) is 1. The van der Waals surface area contributed by atoms with Crippen LogP contribution in [0.5, 0.6) is 0 Å². The van der Waals surface area contributed by atoms with Gasteiger partial charge in [-0.15, -0.1) is 0 Å². The van der Waals surface area contributed by atoms with Crippen LogP contribution >= 0.6 is 0 Å². The molecule has 0 radical (unpaired) electrons. The van der Waals surface area contributed by atoms with Crippen molar-refractivity contribution in [1.29, 1.82) is 0 Å². The van der Waals surface area contributed by atoms with Gasteiger partial charge in [0.2, 0.25) is 5.76 Å². The molecule has 0 saturated heterocycles. The van der Waals surface area contributed by atoms with Crippen molar-refractivity contribution in [3.05, 3.63) is 23.7 Å². The minimum Gasteiger partial charge on any atom is -0.463 e. The van der Waals surface area contributed by atoms with Crippen molar-refractivity contribution in [1.82, 2.24) is 5.32 Å². The summed E-state index contributed by atoms with van der Waals surface area (Å²) in [6.07, 6.45) is 5.11. The molecule has 1 aliphatic rings. The summed E-state index contributed by atoms with van der Waals surface area (Å²) in [6.45, 7) is 4.27. The van der Waals surface area contributed by atoms with Crippen LogP contribution in [0.2, 0.25) is 0 Å². The van der Waals surface area contributed by atoms with E-state index in [1.54, 1.807) is 6.07 Å². The van der Waals surface area contributed by atoms with Gasteiger partial charge in [0.15, 0.2) is 0 Å². The maximum absolute atomic E-state index is 11.3. The van der Waals surface area contributed by atoms with Gasteiger partial charge in [-0.3, -0.25) is 0 Å². The van der Waals surface area contributed by atoms with Crippen molar-refractivity contribution >= 4 is 5.97 Å². The first-order chi connectivity index (χ1) is 9.13. The lowest BCUT2D eigenvalue weighted by Crippen LogP contribution is -2.31. The third-order valence-corrected chi connectivity index (χ3v) is 3.73. The quantitative estimate of drug-likeness (QED) is 0.769. The van der Waals surface area contributed by atoms with Crippen molar-refractivity contribution in [2.24, 2.45) is 5.92 Å². The molecule has 106 valence electrons. The molecule has 0 spiro atoms. The van der Waals surface area contributed by atoms with Gasteiger partial charge >= 0.3 is 5.97 Å². The summed E-state index contributed by atoms with van der Waals surface area (Å²) in [6, 6.07) is 4.14. The maximum atomic E-state index is 11.3. The fraction of sp³-hybridized carbons (Fsp3) is 0.667. The molecule has 1 aromatic rings. The zero-order valence-electron chi connectivity index (χ0n) is 11.9. The molecule has 0 aliphatic heterocycles. The van der Waals surface area contributed by atoms with Crippen molar-refractivity contribution in [3.8, 4) is 0 Å². The van der Waals surface area contributed by atoms with Gasteiger partial charge < -0.3 is 14.5 Å². The standard InChI is InChI=1S/C15H23NO3/c1-4-12(9-11-5-6-11)16-10(2)13-7-8-14(19-13)15(17)18-3/h7-8,10-12,16H,4-6,9H2,1-3H3. The lowest BCUT2D eigenvalue weighted by Gasteiger charge is -2.20. The van der Waals surface area contributed by atoms with E-state index in [0.717, 1.165) is 18.1 Å².